The van der Waals surface area contributed by atoms with Gasteiger partial charge in [0.2, 0.25) is 11.8 Å². The summed E-state index contributed by atoms with van der Waals surface area (Å²) in [5.41, 5.74) is 5.61. The van der Waals surface area contributed by atoms with E-state index in [-0.39, 0.29) is 47.4 Å². The van der Waals surface area contributed by atoms with Crippen LogP contribution in [0.4, 0.5) is 14.5 Å². The molecule has 2 N–H and O–H groups in total. The highest BCUT2D eigenvalue weighted by Crippen LogP contribution is 2.47. The Kier molecular flexibility index (Phi) is 10.7. The number of rotatable bonds is 11. The molecule has 10 nitrogen and oxygen atoms in total. The molecule has 56 heavy (non-hydrogen) atoms. The summed E-state index contributed by atoms with van der Waals surface area (Å²) in [7, 11) is 0. The number of nitrogens with one attached hydrogen (secondary N) is 1. The highest BCUT2D eigenvalue weighted by atomic mass is 19.1. The monoisotopic (exact) mass is 764 g/mol. The van der Waals surface area contributed by atoms with Gasteiger partial charge in [-0.15, -0.1) is 0 Å². The second kappa shape index (κ2) is 15.9. The Bertz CT molecular complexity index is 2150. The average Bonchev–Trinajstić information content (AvgIpc) is 3.52. The zero-order valence-corrected chi connectivity index (χ0v) is 31.4. The molecule has 292 valence electrons. The number of aryl methyl sites for hydroxylation is 1. The molecule has 4 heterocycles. The largest absolute Gasteiger partial charge is 0.508 e. The van der Waals surface area contributed by atoms with Crippen LogP contribution in [0, 0.1) is 18.6 Å². The number of carbonyl (C=O) groups excluding carboxylic acids is 3. The maximum absolute atomic E-state index is 15.6. The molecule has 0 aliphatic carbocycles. The van der Waals surface area contributed by atoms with Crippen LogP contribution >= 0.6 is 0 Å². The topological polar surface area (TPSA) is 112 Å². The quantitative estimate of drug-likeness (QED) is 0.133. The van der Waals surface area contributed by atoms with Crippen molar-refractivity contribution in [3.63, 3.8) is 0 Å². The Balaban J connectivity index is 0.799. The van der Waals surface area contributed by atoms with Crippen LogP contribution < -0.4 is 19.7 Å². The van der Waals surface area contributed by atoms with Crippen LogP contribution in [-0.2, 0) is 16.1 Å². The maximum Gasteiger partial charge on any atom is 0.255 e. The molecule has 12 heteroatoms. The van der Waals surface area contributed by atoms with Gasteiger partial charge in [0.05, 0.1) is 13.2 Å². The predicted octanol–water partition coefficient (Wildman–Crippen LogP) is 6.42. The normalized spacial score (nSPS) is 21.1. The number of anilines is 1. The van der Waals surface area contributed by atoms with E-state index >= 15 is 4.39 Å². The van der Waals surface area contributed by atoms with E-state index < -0.39 is 17.8 Å². The Hall–Kier alpha value is -5.49. The van der Waals surface area contributed by atoms with Crippen molar-refractivity contribution in [2.75, 3.05) is 50.8 Å². The van der Waals surface area contributed by atoms with Gasteiger partial charge in [-0.3, -0.25) is 24.6 Å². The molecule has 0 bridgehead atoms. The minimum Gasteiger partial charge on any atom is -0.508 e. The van der Waals surface area contributed by atoms with Crippen LogP contribution in [0.15, 0.2) is 72.8 Å². The van der Waals surface area contributed by atoms with Gasteiger partial charge in [0.25, 0.3) is 5.91 Å². The van der Waals surface area contributed by atoms with Crippen molar-refractivity contribution >= 4 is 23.4 Å². The summed E-state index contributed by atoms with van der Waals surface area (Å²) in [6, 6.07) is 20.4. The summed E-state index contributed by atoms with van der Waals surface area (Å²) in [4.78, 5) is 43.4. The van der Waals surface area contributed by atoms with Crippen LogP contribution in [0.25, 0.3) is 0 Å². The molecule has 4 aromatic rings. The van der Waals surface area contributed by atoms with Crippen LogP contribution in [0.2, 0.25) is 0 Å². The van der Waals surface area contributed by atoms with E-state index in [1.807, 2.05) is 24.3 Å². The first-order valence-corrected chi connectivity index (χ1v) is 19.5. The van der Waals surface area contributed by atoms with Gasteiger partial charge in [0.15, 0.2) is 11.6 Å². The zero-order valence-electron chi connectivity index (χ0n) is 31.4. The molecule has 0 aromatic heterocycles. The molecule has 4 aromatic carbocycles. The number of piperidine rings is 1. The van der Waals surface area contributed by atoms with Gasteiger partial charge in [0.1, 0.15) is 23.4 Å². The summed E-state index contributed by atoms with van der Waals surface area (Å²) in [5, 5.41) is 12.4. The van der Waals surface area contributed by atoms with E-state index in [9.17, 15) is 23.9 Å². The summed E-state index contributed by atoms with van der Waals surface area (Å²) in [6.45, 7) is 7.35. The number of phenolic OH excluding ortho intramolecular Hbond substituents is 1. The second-order valence-electron chi connectivity index (χ2n) is 15.3. The standard InChI is InChI=1S/C44H46F2N4O6/c1-27-21-28(5-11-36(27)45)35-26-56-40-24-32(51)8-10-34(40)42(35)29-6-13-39(37(46)23-29)55-20-4-2-3-15-48-16-18-49(19-17-48)31-7-9-33-30(22-31)25-50(44(33)54)38-12-14-41(52)47-43(38)53/h5-11,13,21-24,35,38,42,51H,2-4,12,14-20,25-26H2,1H3,(H,47,52,53)/t35-,38?,42-/m0/s1. The van der Waals surface area contributed by atoms with Gasteiger partial charge in [-0.1, -0.05) is 24.3 Å². The first-order chi connectivity index (χ1) is 27.1. The van der Waals surface area contributed by atoms with Crippen molar-refractivity contribution in [3.05, 3.63) is 118 Å². The van der Waals surface area contributed by atoms with Crippen LogP contribution in [0.3, 0.4) is 0 Å². The zero-order chi connectivity index (χ0) is 38.9. The van der Waals surface area contributed by atoms with Gasteiger partial charge < -0.3 is 24.4 Å². The number of phenols is 1. The van der Waals surface area contributed by atoms with E-state index in [2.05, 4.69) is 21.2 Å². The summed E-state index contributed by atoms with van der Waals surface area (Å²) >= 11 is 0. The first kappa shape index (κ1) is 37.4. The number of aromatic hydroxyl groups is 1. The molecule has 0 spiro atoms. The lowest BCUT2D eigenvalue weighted by molar-refractivity contribution is -0.136. The third-order valence-electron chi connectivity index (χ3n) is 11.7. The molecule has 3 amide bonds. The van der Waals surface area contributed by atoms with Crippen molar-refractivity contribution in [2.24, 2.45) is 0 Å². The number of benzene rings is 4. The Morgan fingerprint density at radius 3 is 2.48 bits per heavy atom. The lowest BCUT2D eigenvalue weighted by Gasteiger charge is -2.36. The number of halogens is 2. The third kappa shape index (κ3) is 7.67. The van der Waals surface area contributed by atoms with Crippen molar-refractivity contribution in [3.8, 4) is 17.2 Å². The number of fused-ring (bicyclic) bond motifs is 2. The van der Waals surface area contributed by atoms with Gasteiger partial charge in [-0.25, -0.2) is 8.78 Å². The van der Waals surface area contributed by atoms with Gasteiger partial charge in [-0.05, 0) is 104 Å². The molecule has 0 saturated carbocycles. The fourth-order valence-electron chi connectivity index (χ4n) is 8.61. The van der Waals surface area contributed by atoms with Crippen molar-refractivity contribution in [1.29, 1.82) is 0 Å². The molecule has 0 radical (unpaired) electrons. The summed E-state index contributed by atoms with van der Waals surface area (Å²) in [5.74, 6) is -1.20. The lowest BCUT2D eigenvalue weighted by Crippen LogP contribution is -2.52. The summed E-state index contributed by atoms with van der Waals surface area (Å²) in [6.07, 6.45) is 3.34. The fourth-order valence-corrected chi connectivity index (χ4v) is 8.61. The number of carbonyl (C=O) groups is 3. The van der Waals surface area contributed by atoms with Crippen LogP contribution in [0.5, 0.6) is 17.2 Å². The van der Waals surface area contributed by atoms with E-state index in [1.54, 1.807) is 42.2 Å². The molecular formula is C44H46F2N4O6. The number of hydrogen-bond donors (Lipinski definition) is 2. The number of amides is 3. The van der Waals surface area contributed by atoms with E-state index in [4.69, 9.17) is 9.47 Å². The van der Waals surface area contributed by atoms with Crippen LogP contribution in [-0.4, -0.2) is 84.6 Å². The second-order valence-corrected chi connectivity index (χ2v) is 15.3. The van der Waals surface area contributed by atoms with E-state index in [0.717, 1.165) is 79.9 Å². The molecule has 4 aliphatic heterocycles. The molecule has 2 fully saturated rings. The molecule has 4 aliphatic rings. The molecule has 1 unspecified atom stereocenters. The number of unbranched alkanes of at least 4 members (excludes halogenated alkanes) is 2. The maximum atomic E-state index is 15.6. The van der Waals surface area contributed by atoms with E-state index in [1.165, 1.54) is 12.1 Å². The number of piperazine rings is 1. The number of ether oxygens (including phenoxy) is 2. The number of hydrogen-bond acceptors (Lipinski definition) is 8. The van der Waals surface area contributed by atoms with Crippen molar-refractivity contribution < 1.29 is 37.7 Å². The SMILES string of the molecule is Cc1cc([C@@H]2COc3cc(O)ccc3[C@@H]2c2ccc(OCCCCCN3CCN(c4ccc5c(c4)CN(C4CCC(=O)NC4=O)C5=O)CC3)c(F)c2)ccc1F. The highest BCUT2D eigenvalue weighted by molar-refractivity contribution is 6.05. The van der Waals surface area contributed by atoms with E-state index in [0.29, 0.717) is 43.1 Å². The predicted molar refractivity (Wildman–Crippen MR) is 206 cm³/mol. The first-order valence-electron chi connectivity index (χ1n) is 19.5. The summed E-state index contributed by atoms with van der Waals surface area (Å²) < 4.78 is 41.6. The van der Waals surface area contributed by atoms with Crippen molar-refractivity contribution in [1.82, 2.24) is 15.1 Å². The Labute approximate surface area is 325 Å². The molecule has 8 rings (SSSR count). The minimum atomic E-state index is -0.618. The Morgan fingerprint density at radius 1 is 0.875 bits per heavy atom. The Morgan fingerprint density at radius 2 is 1.70 bits per heavy atom. The third-order valence-corrected chi connectivity index (χ3v) is 11.7. The van der Waals surface area contributed by atoms with Gasteiger partial charge in [-0.2, -0.15) is 0 Å². The lowest BCUT2D eigenvalue weighted by atomic mass is 9.75. The van der Waals surface area contributed by atoms with Gasteiger partial charge in [0, 0.05) is 73.9 Å². The smallest absolute Gasteiger partial charge is 0.255 e. The van der Waals surface area contributed by atoms with Gasteiger partial charge >= 0.3 is 0 Å². The highest BCUT2D eigenvalue weighted by Gasteiger charge is 2.39. The van der Waals surface area contributed by atoms with Crippen molar-refractivity contribution in [2.45, 2.75) is 63.5 Å². The molecule has 2 saturated heterocycles. The number of nitrogens with zero attached hydrogens (tertiary/aromatic N) is 3. The number of imide groups is 1. The minimum absolute atomic E-state index is 0.0890. The molecular weight excluding hydrogens is 719 g/mol. The average molecular weight is 765 g/mol. The fraction of sp³-hybridized carbons (Fsp3) is 0.386. The van der Waals surface area contributed by atoms with Crippen LogP contribution in [0.1, 0.15) is 82.1 Å². The molecule has 3 atom stereocenters.